The topological polar surface area (TPSA) is 132 Å². The summed E-state index contributed by atoms with van der Waals surface area (Å²) in [6.45, 7) is 11.3. The highest BCUT2D eigenvalue weighted by Gasteiger charge is 2.48. The number of ether oxygens (including phenoxy) is 3. The van der Waals surface area contributed by atoms with Crippen LogP contribution in [-0.4, -0.2) is 65.3 Å². The summed E-state index contributed by atoms with van der Waals surface area (Å²) in [6, 6.07) is 7.26. The number of benzene rings is 1. The Morgan fingerprint density at radius 1 is 0.921 bits per heavy atom. The molecule has 3 rings (SSSR count). The van der Waals surface area contributed by atoms with Gasteiger partial charge in [0, 0.05) is 23.1 Å². The third-order valence-corrected chi connectivity index (χ3v) is 6.47. The zero-order valence-corrected chi connectivity index (χ0v) is 23.2. The Bertz CT molecular complexity index is 1260. The van der Waals surface area contributed by atoms with Crippen LogP contribution in [0.15, 0.2) is 24.3 Å². The highest BCUT2D eigenvalue weighted by molar-refractivity contribution is 6.38. The molecule has 1 amide bonds. The van der Waals surface area contributed by atoms with Crippen molar-refractivity contribution in [2.75, 3.05) is 13.7 Å². The van der Waals surface area contributed by atoms with Crippen LogP contribution >= 0.6 is 0 Å². The molecule has 1 N–H and O–H groups in total. The molecule has 1 aliphatic heterocycles. The largest absolute Gasteiger partial charge is 0.466 e. The second-order valence-electron chi connectivity index (χ2n) is 11.5. The lowest BCUT2D eigenvalue weighted by atomic mass is 9.95. The fourth-order valence-electron chi connectivity index (χ4n) is 4.16. The van der Waals surface area contributed by atoms with E-state index in [2.05, 4.69) is 4.98 Å². The first-order chi connectivity index (χ1) is 17.6. The normalized spacial score (nSPS) is 17.3. The number of ketones is 1. The molecule has 0 saturated heterocycles. The summed E-state index contributed by atoms with van der Waals surface area (Å²) >= 11 is 0. The lowest BCUT2D eigenvalue weighted by Gasteiger charge is -2.35. The number of hydrogen-bond acceptors (Lipinski definition) is 8. The minimum atomic E-state index is -2.02. The first-order valence-corrected chi connectivity index (χ1v) is 12.5. The molecule has 3 atom stereocenters. The number of aromatic nitrogens is 1. The molecule has 38 heavy (non-hydrogen) atoms. The number of fused-ring (bicyclic) bond motifs is 3. The molecule has 10 nitrogen and oxygen atoms in total. The van der Waals surface area contributed by atoms with Gasteiger partial charge in [-0.15, -0.1) is 0 Å². The Kier molecular flexibility index (Phi) is 8.04. The van der Waals surface area contributed by atoms with Crippen LogP contribution in [0.2, 0.25) is 0 Å². The van der Waals surface area contributed by atoms with Gasteiger partial charge in [-0.1, -0.05) is 18.2 Å². The van der Waals surface area contributed by atoms with Crippen LogP contribution in [-0.2, 0) is 44.6 Å². The summed E-state index contributed by atoms with van der Waals surface area (Å²) in [5.41, 5.74) is 0.651. The van der Waals surface area contributed by atoms with E-state index in [0.717, 1.165) is 29.3 Å². The van der Waals surface area contributed by atoms with Gasteiger partial charge in [-0.3, -0.25) is 19.2 Å². The van der Waals surface area contributed by atoms with Crippen molar-refractivity contribution < 1.29 is 38.2 Å². The number of nitrogens with one attached hydrogen (secondary N) is 1. The monoisotopic (exact) mass is 528 g/mol. The summed E-state index contributed by atoms with van der Waals surface area (Å²) in [7, 11) is 1.04. The van der Waals surface area contributed by atoms with Crippen LogP contribution in [0.4, 0.5) is 0 Å². The number of para-hydroxylation sites is 1. The maximum Gasteiger partial charge on any atom is 0.351 e. The van der Waals surface area contributed by atoms with Crippen molar-refractivity contribution in [1.82, 2.24) is 9.88 Å². The lowest BCUT2D eigenvalue weighted by Crippen LogP contribution is -2.54. The summed E-state index contributed by atoms with van der Waals surface area (Å²) in [5, 5.41) is 1.05. The summed E-state index contributed by atoms with van der Waals surface area (Å²) in [6.07, 6.45) is -3.49. The minimum Gasteiger partial charge on any atom is -0.466 e. The van der Waals surface area contributed by atoms with Gasteiger partial charge in [0.1, 0.15) is 0 Å². The van der Waals surface area contributed by atoms with Crippen LogP contribution in [0.5, 0.6) is 0 Å². The van der Waals surface area contributed by atoms with E-state index in [1.807, 2.05) is 24.3 Å². The quantitative estimate of drug-likeness (QED) is 0.343. The fraction of sp³-hybridized carbons (Fsp3) is 0.536. The van der Waals surface area contributed by atoms with Gasteiger partial charge in [-0.25, -0.2) is 4.79 Å². The molecular formula is C28H36N2O8. The van der Waals surface area contributed by atoms with Crippen LogP contribution in [0.25, 0.3) is 10.9 Å². The number of methoxy groups -OCH3 is 1. The minimum absolute atomic E-state index is 0.227. The van der Waals surface area contributed by atoms with E-state index >= 15 is 0 Å². The maximum absolute atomic E-state index is 13.6. The van der Waals surface area contributed by atoms with Gasteiger partial charge in [0.15, 0.2) is 0 Å². The number of amides is 1. The van der Waals surface area contributed by atoms with E-state index < -0.39 is 58.7 Å². The van der Waals surface area contributed by atoms with E-state index in [9.17, 15) is 24.0 Å². The molecule has 1 aromatic heterocycles. The van der Waals surface area contributed by atoms with Gasteiger partial charge in [-0.05, 0) is 66.5 Å². The SMILES string of the molecule is COC(=O)[C@H](OC(=O)C(C)(C)C)[C@H](OC(=O)C(C)(C)C)C(=O)C(=O)N1CCc2c([nH]c3ccccc23)[C@@H]1C. The highest BCUT2D eigenvalue weighted by atomic mass is 16.6. The molecule has 0 aliphatic carbocycles. The van der Waals surface area contributed by atoms with Gasteiger partial charge in [0.25, 0.3) is 11.7 Å². The summed E-state index contributed by atoms with van der Waals surface area (Å²) in [4.78, 5) is 70.1. The molecule has 1 aliphatic rings. The Morgan fingerprint density at radius 2 is 1.47 bits per heavy atom. The first kappa shape index (κ1) is 28.9. The summed E-state index contributed by atoms with van der Waals surface area (Å²) in [5.74, 6) is -4.96. The zero-order chi connectivity index (χ0) is 28.6. The van der Waals surface area contributed by atoms with Crippen LogP contribution < -0.4 is 0 Å². The molecule has 1 aromatic carbocycles. The Hall–Kier alpha value is -3.69. The second kappa shape index (κ2) is 10.6. The van der Waals surface area contributed by atoms with Gasteiger partial charge in [0.05, 0.1) is 24.0 Å². The number of Topliss-reactive ketones (excluding diaryl/α,β-unsaturated/α-hetero) is 1. The van der Waals surface area contributed by atoms with Crippen molar-refractivity contribution in [2.24, 2.45) is 10.8 Å². The van der Waals surface area contributed by atoms with Gasteiger partial charge >= 0.3 is 17.9 Å². The van der Waals surface area contributed by atoms with Crippen molar-refractivity contribution in [2.45, 2.75) is 73.1 Å². The van der Waals surface area contributed by atoms with Gasteiger partial charge in [0.2, 0.25) is 12.2 Å². The molecule has 2 heterocycles. The van der Waals surface area contributed by atoms with Crippen molar-refractivity contribution in [1.29, 1.82) is 0 Å². The van der Waals surface area contributed by atoms with Crippen molar-refractivity contribution in [3.63, 3.8) is 0 Å². The number of esters is 3. The fourth-order valence-corrected chi connectivity index (χ4v) is 4.16. The van der Waals surface area contributed by atoms with Crippen LogP contribution in [0.1, 0.15) is 65.8 Å². The van der Waals surface area contributed by atoms with E-state index in [0.29, 0.717) is 6.42 Å². The number of H-pyrrole nitrogens is 1. The summed E-state index contributed by atoms with van der Waals surface area (Å²) < 4.78 is 15.5. The number of nitrogens with zero attached hydrogens (tertiary/aromatic N) is 1. The van der Waals surface area contributed by atoms with E-state index in [1.165, 1.54) is 4.90 Å². The molecule has 0 spiro atoms. The molecule has 10 heteroatoms. The number of carbonyl (C=O) groups is 5. The third-order valence-electron chi connectivity index (χ3n) is 6.47. The number of carbonyl (C=O) groups excluding carboxylic acids is 5. The van der Waals surface area contributed by atoms with E-state index in [1.54, 1.807) is 48.5 Å². The van der Waals surface area contributed by atoms with Crippen molar-refractivity contribution in [3.8, 4) is 0 Å². The molecule has 0 saturated carbocycles. The Morgan fingerprint density at radius 3 is 2.03 bits per heavy atom. The van der Waals surface area contributed by atoms with Crippen molar-refractivity contribution in [3.05, 3.63) is 35.5 Å². The number of hydrogen-bond donors (Lipinski definition) is 1. The Balaban J connectivity index is 1.98. The molecule has 0 bridgehead atoms. The average molecular weight is 529 g/mol. The van der Waals surface area contributed by atoms with Gasteiger partial charge < -0.3 is 24.1 Å². The standard InChI is InChI=1S/C28H36N2O8/c1-15-19-17(16-11-9-10-12-18(16)29-19)13-14-30(15)23(32)20(31)21(37-25(34)27(2,3)4)22(24(33)36-8)38-26(35)28(5,6)7/h9-12,15,21-22,29H,13-14H2,1-8H3/t15-,21+,22+/m0/s1. The number of rotatable bonds is 6. The predicted octanol–water partition coefficient (Wildman–Crippen LogP) is 3.27. The molecule has 0 radical (unpaired) electrons. The average Bonchev–Trinajstić information content (AvgIpc) is 3.23. The Labute approximate surface area is 222 Å². The second-order valence-corrected chi connectivity index (χ2v) is 11.5. The maximum atomic E-state index is 13.6. The smallest absolute Gasteiger partial charge is 0.351 e. The number of aromatic amines is 1. The van der Waals surface area contributed by atoms with Crippen LogP contribution in [0.3, 0.4) is 0 Å². The molecule has 206 valence electrons. The van der Waals surface area contributed by atoms with E-state index in [4.69, 9.17) is 14.2 Å². The molecule has 0 unspecified atom stereocenters. The molecular weight excluding hydrogens is 492 g/mol. The molecule has 0 fully saturated rings. The lowest BCUT2D eigenvalue weighted by molar-refractivity contribution is -0.190. The highest BCUT2D eigenvalue weighted by Crippen LogP contribution is 2.34. The zero-order valence-electron chi connectivity index (χ0n) is 23.2. The van der Waals surface area contributed by atoms with Crippen LogP contribution in [0, 0.1) is 10.8 Å². The third kappa shape index (κ3) is 5.74. The van der Waals surface area contributed by atoms with Crippen molar-refractivity contribution >= 4 is 40.5 Å². The van der Waals surface area contributed by atoms with E-state index in [-0.39, 0.29) is 6.54 Å². The predicted molar refractivity (Wildman–Crippen MR) is 138 cm³/mol. The molecule has 2 aromatic rings. The van der Waals surface area contributed by atoms with Gasteiger partial charge in [-0.2, -0.15) is 0 Å². The first-order valence-electron chi connectivity index (χ1n) is 12.5.